The second kappa shape index (κ2) is 11.5. The number of unbranched alkanes of at least 4 members (excludes halogenated alkanes) is 10. The van der Waals surface area contributed by atoms with E-state index in [0.29, 0.717) is 0 Å². The molecule has 0 unspecified atom stereocenters. The molecule has 4 aromatic carbocycles. The highest BCUT2D eigenvalue weighted by Gasteiger charge is 2.11. The van der Waals surface area contributed by atoms with Crippen molar-refractivity contribution in [2.45, 2.75) is 84.0 Å². The van der Waals surface area contributed by atoms with Crippen molar-refractivity contribution in [3.8, 4) is 0 Å². The van der Waals surface area contributed by atoms with Gasteiger partial charge in [-0.15, -0.1) is 0 Å². The number of nitrogens with zero attached hydrogens (tertiary/aromatic N) is 2. The smallest absolute Gasteiger partial charge is 0.0486 e. The highest BCUT2D eigenvalue weighted by Crippen LogP contribution is 2.36. The standard InChI is InChI=1S/C37H44N2/c1-4-5-6-7-8-9-10-11-12-13-14-15-31-22-30-24-35-28(26-37(30)39(31)3)17-19-32-33(35)18-16-27-25-36-29(23-34(27)32)20-21-38(36)2/h16-26H,4-15H2,1-3H3. The zero-order valence-corrected chi connectivity index (χ0v) is 24.2. The SMILES string of the molecule is CCCCCCCCCCCCCc1cc2cc3c(ccc4c5cc6ccn(C)c6cc5ccc34)cc2n1C. The van der Waals surface area contributed by atoms with Crippen LogP contribution in [-0.4, -0.2) is 9.13 Å². The molecule has 0 spiro atoms. The first kappa shape index (κ1) is 26.0. The zero-order chi connectivity index (χ0) is 26.8. The van der Waals surface area contributed by atoms with E-state index in [-0.39, 0.29) is 0 Å². The van der Waals surface area contributed by atoms with Crippen LogP contribution in [0.2, 0.25) is 0 Å². The lowest BCUT2D eigenvalue weighted by molar-refractivity contribution is 0.548. The van der Waals surface area contributed by atoms with Crippen molar-refractivity contribution in [2.24, 2.45) is 14.1 Å². The maximum absolute atomic E-state index is 2.44. The summed E-state index contributed by atoms with van der Waals surface area (Å²) in [5.74, 6) is 0. The van der Waals surface area contributed by atoms with E-state index >= 15 is 0 Å². The molecule has 2 aromatic heterocycles. The van der Waals surface area contributed by atoms with Gasteiger partial charge in [0.2, 0.25) is 0 Å². The van der Waals surface area contributed by atoms with Gasteiger partial charge in [-0.1, -0.05) is 95.4 Å². The van der Waals surface area contributed by atoms with Crippen molar-refractivity contribution >= 4 is 54.1 Å². The Labute approximate surface area is 233 Å². The molecule has 6 aromatic rings. The lowest BCUT2D eigenvalue weighted by atomic mass is 9.95. The molecule has 2 nitrogen and oxygen atoms in total. The number of aryl methyl sites for hydroxylation is 3. The van der Waals surface area contributed by atoms with Crippen LogP contribution >= 0.6 is 0 Å². The van der Waals surface area contributed by atoms with E-state index in [1.807, 2.05) is 0 Å². The van der Waals surface area contributed by atoms with Crippen LogP contribution in [-0.2, 0) is 20.5 Å². The maximum atomic E-state index is 2.44. The first-order chi connectivity index (χ1) is 19.1. The summed E-state index contributed by atoms with van der Waals surface area (Å²) in [5, 5.41) is 10.7. The summed E-state index contributed by atoms with van der Waals surface area (Å²) in [6.45, 7) is 2.30. The molecule has 2 heteroatoms. The topological polar surface area (TPSA) is 9.86 Å². The van der Waals surface area contributed by atoms with Crippen LogP contribution in [0.3, 0.4) is 0 Å². The van der Waals surface area contributed by atoms with Gasteiger partial charge in [-0.2, -0.15) is 0 Å². The third-order valence-electron chi connectivity index (χ3n) is 9.14. The number of benzene rings is 4. The maximum Gasteiger partial charge on any atom is 0.0486 e. The normalized spacial score (nSPS) is 12.2. The van der Waals surface area contributed by atoms with Crippen LogP contribution in [0.15, 0.2) is 66.9 Å². The molecule has 0 amide bonds. The van der Waals surface area contributed by atoms with Gasteiger partial charge in [0, 0.05) is 47.8 Å². The molecule has 39 heavy (non-hydrogen) atoms. The third-order valence-corrected chi connectivity index (χ3v) is 9.14. The fourth-order valence-electron chi connectivity index (χ4n) is 6.74. The molecule has 0 fully saturated rings. The molecule has 0 N–H and O–H groups in total. The first-order valence-corrected chi connectivity index (χ1v) is 15.5. The van der Waals surface area contributed by atoms with E-state index in [2.05, 4.69) is 97.0 Å². The minimum absolute atomic E-state index is 1.18. The van der Waals surface area contributed by atoms with E-state index in [1.54, 1.807) is 0 Å². The molecule has 0 bridgehead atoms. The van der Waals surface area contributed by atoms with Gasteiger partial charge < -0.3 is 9.13 Å². The Bertz CT molecular complexity index is 1750. The lowest BCUT2D eigenvalue weighted by Crippen LogP contribution is -1.96. The van der Waals surface area contributed by atoms with Gasteiger partial charge in [-0.25, -0.2) is 0 Å². The van der Waals surface area contributed by atoms with E-state index in [4.69, 9.17) is 0 Å². The van der Waals surface area contributed by atoms with Gasteiger partial charge in [0.15, 0.2) is 0 Å². The summed E-state index contributed by atoms with van der Waals surface area (Å²) >= 11 is 0. The predicted molar refractivity (Wildman–Crippen MR) is 172 cm³/mol. The first-order valence-electron chi connectivity index (χ1n) is 15.5. The van der Waals surface area contributed by atoms with Gasteiger partial charge in [0.05, 0.1) is 0 Å². The number of hydrogen-bond acceptors (Lipinski definition) is 0. The molecule has 0 saturated carbocycles. The minimum atomic E-state index is 1.18. The molecule has 0 aliphatic heterocycles. The van der Waals surface area contributed by atoms with Gasteiger partial charge in [-0.05, 0) is 81.6 Å². The fraction of sp³-hybridized carbons (Fsp3) is 0.405. The molecular formula is C37H44N2. The van der Waals surface area contributed by atoms with Crippen molar-refractivity contribution in [2.75, 3.05) is 0 Å². The summed E-state index contributed by atoms with van der Waals surface area (Å²) in [5.41, 5.74) is 4.11. The Kier molecular flexibility index (Phi) is 7.64. The fourth-order valence-corrected chi connectivity index (χ4v) is 6.74. The second-order valence-electron chi connectivity index (χ2n) is 11.9. The van der Waals surface area contributed by atoms with Crippen molar-refractivity contribution in [3.05, 3.63) is 72.6 Å². The highest BCUT2D eigenvalue weighted by atomic mass is 14.9. The van der Waals surface area contributed by atoms with Crippen molar-refractivity contribution < 1.29 is 0 Å². The van der Waals surface area contributed by atoms with Crippen LogP contribution in [0.1, 0.15) is 83.2 Å². The van der Waals surface area contributed by atoms with Gasteiger partial charge in [0.25, 0.3) is 0 Å². The molecule has 0 aliphatic rings. The van der Waals surface area contributed by atoms with E-state index in [0.717, 1.165) is 0 Å². The van der Waals surface area contributed by atoms with Gasteiger partial charge in [0.1, 0.15) is 0 Å². The van der Waals surface area contributed by atoms with Crippen LogP contribution in [0.25, 0.3) is 54.1 Å². The summed E-state index contributed by atoms with van der Waals surface area (Å²) in [4.78, 5) is 0. The van der Waals surface area contributed by atoms with Crippen LogP contribution in [0, 0.1) is 0 Å². The van der Waals surface area contributed by atoms with Gasteiger partial charge >= 0.3 is 0 Å². The monoisotopic (exact) mass is 516 g/mol. The molecule has 202 valence electrons. The van der Waals surface area contributed by atoms with Gasteiger partial charge in [-0.3, -0.25) is 0 Å². The summed E-state index contributed by atoms with van der Waals surface area (Å²) in [6, 6.07) is 23.5. The average Bonchev–Trinajstić information content (AvgIpc) is 3.47. The number of fused-ring (bicyclic) bond motifs is 7. The molecule has 2 heterocycles. The van der Waals surface area contributed by atoms with Crippen LogP contribution in [0.4, 0.5) is 0 Å². The molecule has 0 radical (unpaired) electrons. The molecular weight excluding hydrogens is 472 g/mol. The van der Waals surface area contributed by atoms with Crippen molar-refractivity contribution in [3.63, 3.8) is 0 Å². The Balaban J connectivity index is 1.17. The Morgan fingerprint density at radius 3 is 1.69 bits per heavy atom. The highest BCUT2D eigenvalue weighted by molar-refractivity contribution is 6.20. The Morgan fingerprint density at radius 2 is 1.05 bits per heavy atom. The Hall–Kier alpha value is -3.26. The quantitative estimate of drug-likeness (QED) is 0.113. The van der Waals surface area contributed by atoms with Crippen LogP contribution in [0.5, 0.6) is 0 Å². The number of hydrogen-bond donors (Lipinski definition) is 0. The minimum Gasteiger partial charge on any atom is -0.351 e. The average molecular weight is 517 g/mol. The molecule has 0 aliphatic carbocycles. The molecule has 0 saturated heterocycles. The van der Waals surface area contributed by atoms with Crippen LogP contribution < -0.4 is 0 Å². The zero-order valence-electron chi connectivity index (χ0n) is 24.2. The predicted octanol–water partition coefficient (Wildman–Crippen LogP) is 11.0. The van der Waals surface area contributed by atoms with E-state index in [9.17, 15) is 0 Å². The van der Waals surface area contributed by atoms with E-state index < -0.39 is 0 Å². The molecule has 6 rings (SSSR count). The third kappa shape index (κ3) is 5.19. The summed E-state index contributed by atoms with van der Waals surface area (Å²) < 4.78 is 4.64. The van der Waals surface area contributed by atoms with Crippen molar-refractivity contribution in [1.82, 2.24) is 9.13 Å². The summed E-state index contributed by atoms with van der Waals surface area (Å²) in [7, 11) is 4.38. The number of aromatic nitrogens is 2. The largest absolute Gasteiger partial charge is 0.351 e. The summed E-state index contributed by atoms with van der Waals surface area (Å²) in [6.07, 6.45) is 18.7. The second-order valence-corrected chi connectivity index (χ2v) is 11.9. The lowest BCUT2D eigenvalue weighted by Gasteiger charge is -2.10. The molecule has 0 atom stereocenters. The van der Waals surface area contributed by atoms with Crippen molar-refractivity contribution in [1.29, 1.82) is 0 Å². The number of rotatable bonds is 12. The van der Waals surface area contributed by atoms with E-state index in [1.165, 1.54) is 137 Å². The Morgan fingerprint density at radius 1 is 0.487 bits per heavy atom.